The number of hydrogen-bond donors (Lipinski definition) is 12. The van der Waals surface area contributed by atoms with Gasteiger partial charge in [0.1, 0.15) is 44.8 Å². The van der Waals surface area contributed by atoms with Gasteiger partial charge in [0.25, 0.3) is 0 Å². The summed E-state index contributed by atoms with van der Waals surface area (Å²) in [6, 6.07) is 3.90. The Morgan fingerprint density at radius 2 is 0.967 bits per heavy atom. The average molecular weight is 1270 g/mol. The van der Waals surface area contributed by atoms with E-state index < -0.39 is 156 Å². The van der Waals surface area contributed by atoms with E-state index in [4.69, 9.17) is 28.4 Å². The Bertz CT molecular complexity index is 3150. The van der Waals surface area contributed by atoms with Crippen molar-refractivity contribution in [2.75, 3.05) is 40.4 Å². The standard InChI is InChI=1S/C36H51NO11.C32H49NO9/c1-19-6-11-26-31(3,40)35(43)25(17-37(26)16-19)33(42)18-34-24(32(33,41)15-27(35)38)10-9-23-30(34,2)13-12-28(36(23,44)48-34)47-29(39)20-7-8-21(45-4)22(14-20)46-5;1-6-18(3)25(35)41-24-11-12-26(4)19-8-9-20-28(37)13-23(34)31(39)21(29(28,38)16-30(20,26)42-32(19,24)40)15-33-14-17(2)7-10-22(33)27(31,5)36/h7-8,14,19,23-28,38,40-44H,6,9-13,15-18H2,1-5H3;6,17,19-24,34,36-40H,7-16H2,1-5H3/b;18-6-/t19-,23-,24-,25-,26-,27-,28-,30-,31+,32+,33+,34+,35-,36-;17-,19-,20-,21-,22-,23-,24-,26-,27+,28+,29+,30+,31-,32-/m00/s1. The zero-order valence-electron chi connectivity index (χ0n) is 54.1. The largest absolute Gasteiger partial charge is 0.493 e. The minimum absolute atomic E-state index is 0.0606. The predicted molar refractivity (Wildman–Crippen MR) is 319 cm³/mol. The lowest BCUT2D eigenvalue weighted by atomic mass is 9.49. The number of piperidine rings is 4. The summed E-state index contributed by atoms with van der Waals surface area (Å²) in [6.07, 6.45) is 2.47. The van der Waals surface area contributed by atoms with Crippen molar-refractivity contribution in [3.05, 3.63) is 35.4 Å². The highest BCUT2D eigenvalue weighted by molar-refractivity contribution is 5.90. The molecule has 8 aliphatic carbocycles. The van der Waals surface area contributed by atoms with Crippen LogP contribution in [0, 0.1) is 58.2 Å². The molecule has 22 heteroatoms. The highest BCUT2D eigenvalue weighted by atomic mass is 16.7. The molecule has 15 rings (SSSR count). The number of benzene rings is 1. The summed E-state index contributed by atoms with van der Waals surface area (Å²) in [6.45, 7) is 16.6. The van der Waals surface area contributed by atoms with Gasteiger partial charge in [0.2, 0.25) is 11.6 Å². The average Bonchev–Trinajstić information content (AvgIpc) is 1.45. The van der Waals surface area contributed by atoms with Crippen molar-refractivity contribution in [1.82, 2.24) is 9.80 Å². The van der Waals surface area contributed by atoms with Gasteiger partial charge < -0.3 is 89.7 Å². The van der Waals surface area contributed by atoms with E-state index in [0.717, 1.165) is 12.8 Å². The van der Waals surface area contributed by atoms with Crippen molar-refractivity contribution in [3.8, 4) is 11.5 Å². The number of esters is 2. The number of aliphatic hydroxyl groups excluding tert-OH is 2. The summed E-state index contributed by atoms with van der Waals surface area (Å²) in [4.78, 5) is 30.5. The molecule has 12 N–H and O–H groups in total. The Balaban J connectivity index is 0.000000159. The van der Waals surface area contributed by atoms with Crippen LogP contribution < -0.4 is 9.47 Å². The van der Waals surface area contributed by atoms with Gasteiger partial charge in [0, 0.05) is 116 Å². The molecule has 1 aromatic rings. The molecule has 0 amide bonds. The van der Waals surface area contributed by atoms with Gasteiger partial charge in [-0.1, -0.05) is 33.8 Å². The number of nitrogens with zero attached hydrogens (tertiary/aromatic N) is 2. The van der Waals surface area contributed by atoms with Crippen LogP contribution in [0.25, 0.3) is 0 Å². The topological polar surface area (TPSA) is 339 Å². The molecule has 6 aliphatic heterocycles. The van der Waals surface area contributed by atoms with Gasteiger partial charge in [0.05, 0.1) is 43.2 Å². The molecule has 6 saturated heterocycles. The molecule has 0 unspecified atom stereocenters. The Kier molecular flexibility index (Phi) is 14.1. The minimum atomic E-state index is -2.10. The predicted octanol–water partition coefficient (Wildman–Crippen LogP) is 2.35. The first-order chi connectivity index (χ1) is 41.9. The molecular formula is C68H100N2O20. The summed E-state index contributed by atoms with van der Waals surface area (Å²) in [7, 11) is 2.97. The van der Waals surface area contributed by atoms with Crippen LogP contribution >= 0.6 is 0 Å². The maximum absolute atomic E-state index is 13.5. The van der Waals surface area contributed by atoms with E-state index in [1.54, 1.807) is 45.9 Å². The molecule has 14 aliphatic rings. The van der Waals surface area contributed by atoms with Crippen LogP contribution in [0.3, 0.4) is 0 Å². The third-order valence-electron chi connectivity index (χ3n) is 29.0. The number of ether oxygens (including phenoxy) is 6. The van der Waals surface area contributed by atoms with Gasteiger partial charge in [-0.05, 0) is 135 Å². The van der Waals surface area contributed by atoms with E-state index in [1.165, 1.54) is 20.3 Å². The number of carbonyl (C=O) groups is 2. The molecule has 0 aromatic heterocycles. The Morgan fingerprint density at radius 1 is 0.544 bits per heavy atom. The minimum Gasteiger partial charge on any atom is -0.493 e. The summed E-state index contributed by atoms with van der Waals surface area (Å²) < 4.78 is 36.1. The van der Waals surface area contributed by atoms with Crippen molar-refractivity contribution in [2.45, 2.75) is 262 Å². The molecular weight excluding hydrogens is 1160 g/mol. The smallest absolute Gasteiger partial charge is 0.338 e. The number of fused-ring (bicyclic) bond motifs is 10. The molecule has 22 nitrogen and oxygen atoms in total. The molecule has 0 radical (unpaired) electrons. The van der Waals surface area contributed by atoms with Gasteiger partial charge in [-0.15, -0.1) is 0 Å². The fraction of sp³-hybridized carbons (Fsp3) is 0.853. The van der Waals surface area contributed by atoms with Crippen molar-refractivity contribution in [2.24, 2.45) is 58.2 Å². The maximum Gasteiger partial charge on any atom is 0.338 e. The van der Waals surface area contributed by atoms with Crippen molar-refractivity contribution in [1.29, 1.82) is 0 Å². The van der Waals surface area contributed by atoms with E-state index >= 15 is 0 Å². The second-order valence-electron chi connectivity index (χ2n) is 32.4. The molecule has 8 saturated carbocycles. The second kappa shape index (κ2) is 19.8. The maximum atomic E-state index is 13.5. The van der Waals surface area contributed by atoms with Crippen LogP contribution in [-0.4, -0.2) is 227 Å². The fourth-order valence-corrected chi connectivity index (χ4v) is 24.4. The first-order valence-electron chi connectivity index (χ1n) is 33.7. The third kappa shape index (κ3) is 7.41. The summed E-state index contributed by atoms with van der Waals surface area (Å²) >= 11 is 0. The lowest BCUT2D eigenvalue weighted by molar-refractivity contribution is -0.354. The summed E-state index contributed by atoms with van der Waals surface area (Å²) in [5, 5.41) is 149. The zero-order chi connectivity index (χ0) is 64.9. The summed E-state index contributed by atoms with van der Waals surface area (Å²) in [5.74, 6) is -7.68. The van der Waals surface area contributed by atoms with Crippen LogP contribution in [0.4, 0.5) is 0 Å². The monoisotopic (exact) mass is 1260 g/mol. The van der Waals surface area contributed by atoms with E-state index in [1.807, 2.05) is 13.8 Å². The Hall–Kier alpha value is -3.14. The number of aliphatic hydroxyl groups is 12. The number of allylic oxidation sites excluding steroid dienone is 1. The Morgan fingerprint density at radius 3 is 1.39 bits per heavy atom. The van der Waals surface area contributed by atoms with Crippen molar-refractivity contribution in [3.63, 3.8) is 0 Å². The normalized spacial score (nSPS) is 56.7. The van der Waals surface area contributed by atoms with E-state index in [2.05, 4.69) is 23.6 Å². The number of hydrogen-bond acceptors (Lipinski definition) is 22. The second-order valence-corrected chi connectivity index (χ2v) is 32.4. The van der Waals surface area contributed by atoms with E-state index in [9.17, 15) is 70.9 Å². The molecule has 8 bridgehead atoms. The van der Waals surface area contributed by atoms with Crippen LogP contribution in [0.15, 0.2) is 29.8 Å². The summed E-state index contributed by atoms with van der Waals surface area (Å²) in [5.41, 5.74) is -18.4. The van der Waals surface area contributed by atoms with Crippen LogP contribution in [0.2, 0.25) is 0 Å². The van der Waals surface area contributed by atoms with Crippen molar-refractivity contribution >= 4 is 11.9 Å². The Labute approximate surface area is 526 Å². The molecule has 90 heavy (non-hydrogen) atoms. The fourth-order valence-electron chi connectivity index (χ4n) is 24.4. The van der Waals surface area contributed by atoms with Gasteiger partial charge >= 0.3 is 11.9 Å². The zero-order valence-corrected chi connectivity index (χ0v) is 54.1. The first kappa shape index (κ1) is 64.2. The van der Waals surface area contributed by atoms with Crippen LogP contribution in [0.5, 0.6) is 11.5 Å². The van der Waals surface area contributed by atoms with Gasteiger partial charge in [-0.2, -0.15) is 0 Å². The van der Waals surface area contributed by atoms with E-state index in [-0.39, 0.29) is 50.4 Å². The molecule has 6 heterocycles. The molecule has 2 spiro atoms. The van der Waals surface area contributed by atoms with Crippen LogP contribution in [0.1, 0.15) is 168 Å². The highest BCUT2D eigenvalue weighted by Crippen LogP contribution is 2.80. The lowest BCUT2D eigenvalue weighted by Gasteiger charge is -2.68. The first-order valence-corrected chi connectivity index (χ1v) is 33.7. The van der Waals surface area contributed by atoms with Gasteiger partial charge in [0.15, 0.2) is 23.7 Å². The molecule has 28 atom stereocenters. The molecule has 1 aromatic carbocycles. The lowest BCUT2D eigenvalue weighted by Crippen LogP contribution is -2.85. The highest BCUT2D eigenvalue weighted by Gasteiger charge is 2.91. The van der Waals surface area contributed by atoms with Crippen molar-refractivity contribution < 1.29 is 99.3 Å². The third-order valence-corrected chi connectivity index (χ3v) is 29.0. The van der Waals surface area contributed by atoms with Crippen LogP contribution in [-0.2, 0) is 23.7 Å². The van der Waals surface area contributed by atoms with Gasteiger partial charge in [-0.3, -0.25) is 9.80 Å². The quantitative estimate of drug-likeness (QED) is 0.144. The number of methoxy groups -OCH3 is 2. The van der Waals surface area contributed by atoms with Gasteiger partial charge in [-0.25, -0.2) is 9.59 Å². The van der Waals surface area contributed by atoms with E-state index in [0.29, 0.717) is 106 Å². The number of rotatable bonds is 6. The molecule has 502 valence electrons. The molecule has 14 fully saturated rings. The number of carbonyl (C=O) groups excluding carboxylic acids is 2. The SMILES string of the molecule is C/C=C(/C)C(=O)O[C@H]1CC[C@@]2(C)[C@@H]3CC[C@H]4[C@]5(O)C[C@H](O)[C@@]6(O)[C@@H](CN7C[C@@H](C)CC[C@H]7[C@@]6(C)O)[C@]5(O)C[C@@]42O[C@]13O.COc1ccc(C(=O)O[C@H]2CC[C@@]3(C)[C@@H]4CC[C@H]5[C@]6(O)C[C@H](O)[C@@]7(O)[C@@H](CN8C[C@@H](C)CC[C@H]8[C@@]7(C)O)[C@]6(O)C[C@@]53O[C@]24O)cc1OC.